The van der Waals surface area contributed by atoms with Crippen molar-refractivity contribution in [2.75, 3.05) is 26.2 Å². The van der Waals surface area contributed by atoms with Crippen LogP contribution in [0.4, 0.5) is 0 Å². The molecule has 0 saturated carbocycles. The highest BCUT2D eigenvalue weighted by atomic mass is 16.5. The number of carboxylic acid groups (broad SMARTS) is 1. The third kappa shape index (κ3) is 2.23. The molecular formula is C12H21NO3. The van der Waals surface area contributed by atoms with Crippen molar-refractivity contribution in [2.45, 2.75) is 38.7 Å². The van der Waals surface area contributed by atoms with Crippen LogP contribution >= 0.6 is 0 Å². The van der Waals surface area contributed by atoms with Gasteiger partial charge >= 0.3 is 5.97 Å². The first-order valence-electron chi connectivity index (χ1n) is 6.24. The molecule has 4 heteroatoms. The molecule has 2 saturated heterocycles. The topological polar surface area (TPSA) is 49.8 Å². The van der Waals surface area contributed by atoms with E-state index in [1.165, 1.54) is 0 Å². The first kappa shape index (κ1) is 11.9. The molecule has 2 aliphatic heterocycles. The molecule has 2 heterocycles. The van der Waals surface area contributed by atoms with Crippen molar-refractivity contribution in [2.24, 2.45) is 5.41 Å². The van der Waals surface area contributed by atoms with Gasteiger partial charge < -0.3 is 9.84 Å². The number of hydrogen-bond donors (Lipinski definition) is 1. The summed E-state index contributed by atoms with van der Waals surface area (Å²) in [6.45, 7) is 5.35. The van der Waals surface area contributed by atoms with Crippen LogP contribution in [-0.2, 0) is 9.53 Å². The third-order valence-electron chi connectivity index (χ3n) is 4.05. The van der Waals surface area contributed by atoms with E-state index in [2.05, 4.69) is 4.90 Å². The number of carbonyl (C=O) groups is 1. The zero-order valence-electron chi connectivity index (χ0n) is 9.95. The van der Waals surface area contributed by atoms with Gasteiger partial charge in [0.05, 0.1) is 11.5 Å². The molecule has 4 nitrogen and oxygen atoms in total. The standard InChI is InChI=1S/C12H21NO3/c1-2-12(11(14)15)5-6-13(9-12)8-10-4-3-7-16-10/h10H,2-9H2,1H3,(H,14,15). The minimum absolute atomic E-state index is 0.335. The molecule has 2 aliphatic rings. The lowest BCUT2D eigenvalue weighted by molar-refractivity contribution is -0.148. The van der Waals surface area contributed by atoms with Crippen LogP contribution in [0, 0.1) is 5.41 Å². The third-order valence-corrected chi connectivity index (χ3v) is 4.05. The number of likely N-dealkylation sites (tertiary alicyclic amines) is 1. The number of nitrogens with zero attached hydrogens (tertiary/aromatic N) is 1. The van der Waals surface area contributed by atoms with E-state index in [1.807, 2.05) is 6.92 Å². The summed E-state index contributed by atoms with van der Waals surface area (Å²) in [4.78, 5) is 13.5. The molecule has 0 spiro atoms. The van der Waals surface area contributed by atoms with E-state index >= 15 is 0 Å². The Kier molecular flexibility index (Phi) is 3.50. The van der Waals surface area contributed by atoms with Gasteiger partial charge in [-0.3, -0.25) is 9.69 Å². The average Bonchev–Trinajstić information content (AvgIpc) is 2.88. The van der Waals surface area contributed by atoms with Gasteiger partial charge in [-0.1, -0.05) is 6.92 Å². The summed E-state index contributed by atoms with van der Waals surface area (Å²) in [6, 6.07) is 0. The molecule has 0 radical (unpaired) electrons. The van der Waals surface area contributed by atoms with Crippen LogP contribution in [0.1, 0.15) is 32.6 Å². The Hall–Kier alpha value is -0.610. The predicted molar refractivity (Wildman–Crippen MR) is 60.4 cm³/mol. The second kappa shape index (κ2) is 4.72. The van der Waals surface area contributed by atoms with E-state index in [0.717, 1.165) is 45.4 Å². The number of hydrogen-bond acceptors (Lipinski definition) is 3. The zero-order chi connectivity index (χ0) is 11.6. The summed E-state index contributed by atoms with van der Waals surface area (Å²) < 4.78 is 5.59. The molecule has 0 bridgehead atoms. The highest BCUT2D eigenvalue weighted by Gasteiger charge is 2.43. The lowest BCUT2D eigenvalue weighted by Crippen LogP contribution is -2.36. The van der Waals surface area contributed by atoms with Crippen LogP contribution in [0.5, 0.6) is 0 Å². The van der Waals surface area contributed by atoms with Crippen LogP contribution in [0.2, 0.25) is 0 Å². The fraction of sp³-hybridized carbons (Fsp3) is 0.917. The number of aliphatic carboxylic acids is 1. The molecule has 1 N–H and O–H groups in total. The van der Waals surface area contributed by atoms with Crippen molar-refractivity contribution in [3.63, 3.8) is 0 Å². The molecule has 92 valence electrons. The quantitative estimate of drug-likeness (QED) is 0.787. The second-order valence-electron chi connectivity index (χ2n) is 5.06. The number of carboxylic acids is 1. The Morgan fingerprint density at radius 3 is 2.94 bits per heavy atom. The molecule has 0 aromatic rings. The molecule has 16 heavy (non-hydrogen) atoms. The normalized spacial score (nSPS) is 35.7. The van der Waals surface area contributed by atoms with E-state index in [0.29, 0.717) is 12.6 Å². The van der Waals surface area contributed by atoms with Gasteiger partial charge in [0.2, 0.25) is 0 Å². The Bertz CT molecular complexity index is 263. The monoisotopic (exact) mass is 227 g/mol. The van der Waals surface area contributed by atoms with Gasteiger partial charge in [-0.05, 0) is 32.2 Å². The van der Waals surface area contributed by atoms with E-state index < -0.39 is 11.4 Å². The highest BCUT2D eigenvalue weighted by molar-refractivity contribution is 5.75. The van der Waals surface area contributed by atoms with Gasteiger partial charge in [0.15, 0.2) is 0 Å². The summed E-state index contributed by atoms with van der Waals surface area (Å²) >= 11 is 0. The molecule has 0 aromatic carbocycles. The summed E-state index contributed by atoms with van der Waals surface area (Å²) in [7, 11) is 0. The molecule has 2 unspecified atom stereocenters. The summed E-state index contributed by atoms with van der Waals surface area (Å²) in [5.41, 5.74) is -0.501. The molecule has 2 fully saturated rings. The minimum Gasteiger partial charge on any atom is -0.481 e. The van der Waals surface area contributed by atoms with E-state index in [4.69, 9.17) is 4.74 Å². The first-order valence-corrected chi connectivity index (χ1v) is 6.24. The van der Waals surface area contributed by atoms with Gasteiger partial charge in [0.25, 0.3) is 0 Å². The maximum Gasteiger partial charge on any atom is 0.310 e. The SMILES string of the molecule is CCC1(C(=O)O)CCN(CC2CCCO2)C1. The van der Waals surface area contributed by atoms with Crippen molar-refractivity contribution >= 4 is 5.97 Å². The Balaban J connectivity index is 1.88. The molecule has 0 amide bonds. The second-order valence-corrected chi connectivity index (χ2v) is 5.06. The molecule has 2 rings (SSSR count). The molecule has 0 aromatic heterocycles. The molecule has 0 aliphatic carbocycles. The Labute approximate surface area is 96.6 Å². The lowest BCUT2D eigenvalue weighted by Gasteiger charge is -2.24. The van der Waals surface area contributed by atoms with E-state index in [9.17, 15) is 9.90 Å². The van der Waals surface area contributed by atoms with Crippen molar-refractivity contribution < 1.29 is 14.6 Å². The Morgan fingerprint density at radius 1 is 1.62 bits per heavy atom. The van der Waals surface area contributed by atoms with Gasteiger partial charge in [0.1, 0.15) is 0 Å². The van der Waals surface area contributed by atoms with Crippen molar-refractivity contribution in [1.82, 2.24) is 4.90 Å². The smallest absolute Gasteiger partial charge is 0.310 e. The maximum absolute atomic E-state index is 11.3. The van der Waals surface area contributed by atoms with Crippen LogP contribution < -0.4 is 0 Å². The lowest BCUT2D eigenvalue weighted by atomic mass is 9.84. The van der Waals surface area contributed by atoms with Crippen LogP contribution in [0.3, 0.4) is 0 Å². The van der Waals surface area contributed by atoms with Crippen molar-refractivity contribution in [3.8, 4) is 0 Å². The number of ether oxygens (including phenoxy) is 1. The van der Waals surface area contributed by atoms with Crippen LogP contribution in [0.25, 0.3) is 0 Å². The largest absolute Gasteiger partial charge is 0.481 e. The summed E-state index contributed by atoms with van der Waals surface area (Å²) in [6.07, 6.45) is 4.12. The van der Waals surface area contributed by atoms with Crippen LogP contribution in [-0.4, -0.2) is 48.3 Å². The van der Waals surface area contributed by atoms with Gasteiger partial charge in [0, 0.05) is 19.7 Å². The van der Waals surface area contributed by atoms with Crippen molar-refractivity contribution in [1.29, 1.82) is 0 Å². The summed E-state index contributed by atoms with van der Waals surface area (Å²) in [5.74, 6) is -0.634. The first-order chi connectivity index (χ1) is 7.66. The summed E-state index contributed by atoms with van der Waals surface area (Å²) in [5, 5.41) is 9.28. The molecule has 2 atom stereocenters. The highest BCUT2D eigenvalue weighted by Crippen LogP contribution is 2.34. The fourth-order valence-corrected chi connectivity index (χ4v) is 2.80. The van der Waals surface area contributed by atoms with Gasteiger partial charge in [-0.15, -0.1) is 0 Å². The number of rotatable bonds is 4. The zero-order valence-corrected chi connectivity index (χ0v) is 9.95. The average molecular weight is 227 g/mol. The van der Waals surface area contributed by atoms with E-state index in [-0.39, 0.29) is 0 Å². The van der Waals surface area contributed by atoms with Crippen molar-refractivity contribution in [3.05, 3.63) is 0 Å². The minimum atomic E-state index is -0.634. The Morgan fingerprint density at radius 2 is 2.44 bits per heavy atom. The van der Waals surface area contributed by atoms with E-state index in [1.54, 1.807) is 0 Å². The van der Waals surface area contributed by atoms with Gasteiger partial charge in [-0.2, -0.15) is 0 Å². The predicted octanol–water partition coefficient (Wildman–Crippen LogP) is 1.35. The van der Waals surface area contributed by atoms with Gasteiger partial charge in [-0.25, -0.2) is 0 Å². The fourth-order valence-electron chi connectivity index (χ4n) is 2.80. The maximum atomic E-state index is 11.3. The molecular weight excluding hydrogens is 206 g/mol. The van der Waals surface area contributed by atoms with Crippen LogP contribution in [0.15, 0.2) is 0 Å².